The van der Waals surface area contributed by atoms with Gasteiger partial charge in [0, 0.05) is 18.2 Å². The van der Waals surface area contributed by atoms with E-state index in [1.54, 1.807) is 0 Å². The van der Waals surface area contributed by atoms with Crippen LogP contribution < -0.4 is 5.32 Å². The second-order valence-corrected chi connectivity index (χ2v) is 7.12. The fourth-order valence-corrected chi connectivity index (χ4v) is 4.19. The van der Waals surface area contributed by atoms with E-state index in [0.717, 1.165) is 19.4 Å². The van der Waals surface area contributed by atoms with Gasteiger partial charge < -0.3 is 15.2 Å². The molecule has 0 spiro atoms. The molecule has 118 valence electrons. The first-order valence-electron chi connectivity index (χ1n) is 8.66. The zero-order valence-electron chi connectivity index (χ0n) is 13.4. The lowest BCUT2D eigenvalue weighted by molar-refractivity contribution is 0.0110. The lowest BCUT2D eigenvalue weighted by Crippen LogP contribution is -2.54. The van der Waals surface area contributed by atoms with E-state index in [4.69, 9.17) is 4.74 Å². The molecule has 0 bridgehead atoms. The second-order valence-electron chi connectivity index (χ2n) is 7.12. The molecule has 0 radical (unpaired) electrons. The van der Waals surface area contributed by atoms with Crippen LogP contribution in [0.1, 0.15) is 71.6 Å². The summed E-state index contributed by atoms with van der Waals surface area (Å²) in [4.78, 5) is 0. The highest BCUT2D eigenvalue weighted by molar-refractivity contribution is 4.99. The van der Waals surface area contributed by atoms with Gasteiger partial charge in [0.15, 0.2) is 0 Å². The Morgan fingerprint density at radius 2 is 1.90 bits per heavy atom. The number of hydrogen-bond donors (Lipinski definition) is 2. The largest absolute Gasteiger partial charge is 0.394 e. The van der Waals surface area contributed by atoms with E-state index in [-0.39, 0.29) is 12.1 Å². The van der Waals surface area contributed by atoms with Gasteiger partial charge in [-0.3, -0.25) is 0 Å². The van der Waals surface area contributed by atoms with E-state index in [1.807, 2.05) is 0 Å². The van der Waals surface area contributed by atoms with E-state index in [2.05, 4.69) is 19.2 Å². The van der Waals surface area contributed by atoms with Crippen molar-refractivity contribution in [1.82, 2.24) is 5.32 Å². The van der Waals surface area contributed by atoms with Crippen molar-refractivity contribution in [2.24, 2.45) is 5.92 Å². The van der Waals surface area contributed by atoms with Crippen LogP contribution in [0.25, 0.3) is 0 Å². The van der Waals surface area contributed by atoms with Crippen LogP contribution in [0.5, 0.6) is 0 Å². The summed E-state index contributed by atoms with van der Waals surface area (Å²) < 4.78 is 6.08. The lowest BCUT2D eigenvalue weighted by atomic mass is 9.85. The summed E-state index contributed by atoms with van der Waals surface area (Å²) in [5.74, 6) is 0.568. The number of hydrogen-bond acceptors (Lipinski definition) is 3. The fourth-order valence-electron chi connectivity index (χ4n) is 4.19. The van der Waals surface area contributed by atoms with Crippen LogP contribution in [0.3, 0.4) is 0 Å². The zero-order valence-corrected chi connectivity index (χ0v) is 13.4. The highest BCUT2D eigenvalue weighted by Crippen LogP contribution is 2.38. The van der Waals surface area contributed by atoms with Crippen LogP contribution in [0.15, 0.2) is 0 Å². The van der Waals surface area contributed by atoms with E-state index in [1.165, 1.54) is 44.9 Å². The van der Waals surface area contributed by atoms with Crippen molar-refractivity contribution in [2.45, 2.75) is 89.3 Å². The maximum atomic E-state index is 9.88. The Balaban J connectivity index is 1.77. The van der Waals surface area contributed by atoms with E-state index in [9.17, 15) is 5.11 Å². The Kier molecular flexibility index (Phi) is 6.31. The van der Waals surface area contributed by atoms with Crippen LogP contribution >= 0.6 is 0 Å². The van der Waals surface area contributed by atoms with E-state index < -0.39 is 0 Å². The topological polar surface area (TPSA) is 41.5 Å². The monoisotopic (exact) mass is 283 g/mol. The van der Waals surface area contributed by atoms with Gasteiger partial charge in [-0.25, -0.2) is 0 Å². The molecular weight excluding hydrogens is 250 g/mol. The molecule has 2 aliphatic rings. The summed E-state index contributed by atoms with van der Waals surface area (Å²) in [6.07, 6.45) is 11.7. The van der Waals surface area contributed by atoms with Crippen molar-refractivity contribution in [3.63, 3.8) is 0 Å². The van der Waals surface area contributed by atoms with Gasteiger partial charge in [-0.1, -0.05) is 39.5 Å². The lowest BCUT2D eigenvalue weighted by Gasteiger charge is -2.37. The Hall–Kier alpha value is -0.120. The first-order chi connectivity index (χ1) is 9.66. The van der Waals surface area contributed by atoms with Crippen LogP contribution in [-0.4, -0.2) is 36.0 Å². The van der Waals surface area contributed by atoms with Gasteiger partial charge in [-0.2, -0.15) is 0 Å². The molecule has 0 aromatic rings. The molecule has 2 N–H and O–H groups in total. The van der Waals surface area contributed by atoms with Gasteiger partial charge in [0.1, 0.15) is 0 Å². The average molecular weight is 283 g/mol. The fraction of sp³-hybridized carbons (Fsp3) is 1.00. The summed E-state index contributed by atoms with van der Waals surface area (Å²) >= 11 is 0. The van der Waals surface area contributed by atoms with Gasteiger partial charge in [0.05, 0.1) is 12.7 Å². The molecule has 2 fully saturated rings. The summed E-state index contributed by atoms with van der Waals surface area (Å²) in [5, 5.41) is 13.5. The van der Waals surface area contributed by atoms with Crippen LogP contribution in [0.4, 0.5) is 0 Å². The molecule has 0 aliphatic heterocycles. The number of aliphatic hydroxyl groups excluding tert-OH is 1. The predicted molar refractivity (Wildman–Crippen MR) is 82.9 cm³/mol. The van der Waals surface area contributed by atoms with Crippen molar-refractivity contribution < 1.29 is 9.84 Å². The highest BCUT2D eigenvalue weighted by atomic mass is 16.5. The minimum absolute atomic E-state index is 0.0515. The smallest absolute Gasteiger partial charge is 0.0616 e. The average Bonchev–Trinajstić information content (AvgIpc) is 2.83. The molecule has 0 amide bonds. The van der Waals surface area contributed by atoms with Gasteiger partial charge in [-0.05, 0) is 38.0 Å². The normalized spacial score (nSPS) is 32.1. The summed E-state index contributed by atoms with van der Waals surface area (Å²) in [5.41, 5.74) is -0.0515. The zero-order chi connectivity index (χ0) is 14.4. The quantitative estimate of drug-likeness (QED) is 0.753. The predicted octanol–water partition coefficient (Wildman–Crippen LogP) is 3.26. The first kappa shape index (κ1) is 16.3. The van der Waals surface area contributed by atoms with Crippen molar-refractivity contribution in [3.8, 4) is 0 Å². The Morgan fingerprint density at radius 3 is 2.55 bits per heavy atom. The first-order valence-corrected chi connectivity index (χ1v) is 8.66. The molecule has 3 heteroatoms. The molecule has 0 aromatic heterocycles. The van der Waals surface area contributed by atoms with Gasteiger partial charge in [0.2, 0.25) is 0 Å². The Labute approximate surface area is 124 Å². The Bertz CT molecular complexity index is 276. The number of nitrogens with one attached hydrogen (secondary N) is 1. The SMILES string of the molecule is CC(C)NC1(CO)CCCC1CCOC1CCCCC1. The molecule has 2 atom stereocenters. The van der Waals surface area contributed by atoms with E-state index in [0.29, 0.717) is 18.1 Å². The van der Waals surface area contributed by atoms with Gasteiger partial charge in [-0.15, -0.1) is 0 Å². The number of aliphatic hydroxyl groups is 1. The third-order valence-electron chi connectivity index (χ3n) is 5.19. The van der Waals surface area contributed by atoms with Gasteiger partial charge >= 0.3 is 0 Å². The molecule has 2 rings (SSSR count). The molecule has 2 aliphatic carbocycles. The van der Waals surface area contributed by atoms with Crippen LogP contribution in [-0.2, 0) is 4.74 Å². The minimum atomic E-state index is -0.0515. The van der Waals surface area contributed by atoms with Crippen molar-refractivity contribution in [1.29, 1.82) is 0 Å². The van der Waals surface area contributed by atoms with Crippen LogP contribution in [0.2, 0.25) is 0 Å². The van der Waals surface area contributed by atoms with Crippen LogP contribution in [0, 0.1) is 5.92 Å². The van der Waals surface area contributed by atoms with E-state index >= 15 is 0 Å². The molecule has 20 heavy (non-hydrogen) atoms. The molecule has 2 unspecified atom stereocenters. The molecule has 0 saturated heterocycles. The summed E-state index contributed by atoms with van der Waals surface area (Å²) in [7, 11) is 0. The van der Waals surface area contributed by atoms with Crippen molar-refractivity contribution in [2.75, 3.05) is 13.2 Å². The third kappa shape index (κ3) is 4.19. The molecular formula is C17H33NO2. The summed E-state index contributed by atoms with van der Waals surface area (Å²) in [6.45, 7) is 5.48. The minimum Gasteiger partial charge on any atom is -0.394 e. The number of ether oxygens (including phenoxy) is 1. The molecule has 3 nitrogen and oxygen atoms in total. The number of rotatable bonds is 7. The molecule has 0 aromatic carbocycles. The molecule has 2 saturated carbocycles. The third-order valence-corrected chi connectivity index (χ3v) is 5.19. The molecule has 0 heterocycles. The maximum absolute atomic E-state index is 9.88. The summed E-state index contributed by atoms with van der Waals surface area (Å²) in [6, 6.07) is 0.432. The second kappa shape index (κ2) is 7.77. The van der Waals surface area contributed by atoms with Crippen molar-refractivity contribution in [3.05, 3.63) is 0 Å². The Morgan fingerprint density at radius 1 is 1.15 bits per heavy atom. The van der Waals surface area contributed by atoms with Gasteiger partial charge in [0.25, 0.3) is 0 Å². The standard InChI is InChI=1S/C17H33NO2/c1-14(2)18-17(13-19)11-6-7-15(17)10-12-20-16-8-4-3-5-9-16/h14-16,18-19H,3-13H2,1-2H3. The van der Waals surface area contributed by atoms with Crippen molar-refractivity contribution >= 4 is 0 Å². The maximum Gasteiger partial charge on any atom is 0.0616 e. The highest BCUT2D eigenvalue weighted by Gasteiger charge is 2.42.